The van der Waals surface area contributed by atoms with Gasteiger partial charge in [0.2, 0.25) is 0 Å². The SMILES string of the molecule is C=CCCCN(C)Cc1cc(CNC(C)(C)C)no1. The van der Waals surface area contributed by atoms with E-state index in [9.17, 15) is 0 Å². The predicted octanol–water partition coefficient (Wildman–Crippen LogP) is 2.96. The number of nitrogens with zero attached hydrogens (tertiary/aromatic N) is 2. The number of aromatic nitrogens is 1. The molecule has 108 valence electrons. The van der Waals surface area contributed by atoms with Crippen molar-refractivity contribution in [2.75, 3.05) is 13.6 Å². The maximum Gasteiger partial charge on any atom is 0.151 e. The first-order chi connectivity index (χ1) is 8.90. The molecule has 19 heavy (non-hydrogen) atoms. The topological polar surface area (TPSA) is 41.3 Å². The van der Waals surface area contributed by atoms with E-state index < -0.39 is 0 Å². The molecule has 0 unspecified atom stereocenters. The zero-order chi connectivity index (χ0) is 14.3. The molecule has 0 saturated heterocycles. The molecule has 1 rings (SSSR count). The Labute approximate surface area is 116 Å². The third-order valence-electron chi connectivity index (χ3n) is 2.78. The maximum absolute atomic E-state index is 5.35. The van der Waals surface area contributed by atoms with Crippen molar-refractivity contribution in [3.05, 3.63) is 30.2 Å². The molecule has 0 amide bonds. The minimum Gasteiger partial charge on any atom is -0.360 e. The summed E-state index contributed by atoms with van der Waals surface area (Å²) in [4.78, 5) is 2.24. The minimum absolute atomic E-state index is 0.0978. The van der Waals surface area contributed by atoms with E-state index in [1.807, 2.05) is 12.1 Å². The lowest BCUT2D eigenvalue weighted by Gasteiger charge is -2.19. The Bertz CT molecular complexity index is 379. The number of allylic oxidation sites excluding steroid dienone is 1. The van der Waals surface area contributed by atoms with Crippen LogP contribution in [-0.4, -0.2) is 29.2 Å². The predicted molar refractivity (Wildman–Crippen MR) is 78.9 cm³/mol. The zero-order valence-electron chi connectivity index (χ0n) is 12.7. The van der Waals surface area contributed by atoms with Gasteiger partial charge >= 0.3 is 0 Å². The second kappa shape index (κ2) is 7.46. The fourth-order valence-corrected chi connectivity index (χ4v) is 1.72. The highest BCUT2D eigenvalue weighted by Gasteiger charge is 2.11. The molecule has 0 atom stereocenters. The molecule has 0 aliphatic carbocycles. The van der Waals surface area contributed by atoms with Crippen LogP contribution in [-0.2, 0) is 13.1 Å². The number of hydrogen-bond acceptors (Lipinski definition) is 4. The summed E-state index contributed by atoms with van der Waals surface area (Å²) in [7, 11) is 2.10. The van der Waals surface area contributed by atoms with Crippen molar-refractivity contribution in [1.29, 1.82) is 0 Å². The Kier molecular flexibility index (Phi) is 6.25. The molecule has 0 fully saturated rings. The third kappa shape index (κ3) is 7.13. The van der Waals surface area contributed by atoms with Crippen LogP contribution in [0.25, 0.3) is 0 Å². The first kappa shape index (κ1) is 15.9. The second-order valence-corrected chi connectivity index (χ2v) is 6.06. The summed E-state index contributed by atoms with van der Waals surface area (Å²) in [5.41, 5.74) is 1.06. The van der Waals surface area contributed by atoms with E-state index in [0.29, 0.717) is 0 Å². The van der Waals surface area contributed by atoms with Crippen LogP contribution < -0.4 is 5.32 Å². The first-order valence-electron chi connectivity index (χ1n) is 6.89. The molecule has 0 aliphatic heterocycles. The Hall–Kier alpha value is -1.13. The van der Waals surface area contributed by atoms with Crippen molar-refractivity contribution >= 4 is 0 Å². The molecule has 0 saturated carbocycles. The maximum atomic E-state index is 5.35. The summed E-state index contributed by atoms with van der Waals surface area (Å²) >= 11 is 0. The van der Waals surface area contributed by atoms with Gasteiger partial charge in [0.25, 0.3) is 0 Å². The number of nitrogens with one attached hydrogen (secondary N) is 1. The van der Waals surface area contributed by atoms with E-state index in [4.69, 9.17) is 4.52 Å². The fourth-order valence-electron chi connectivity index (χ4n) is 1.72. The molecular formula is C15H27N3O. The van der Waals surface area contributed by atoms with Crippen LogP contribution in [0.15, 0.2) is 23.2 Å². The molecular weight excluding hydrogens is 238 g/mol. The Morgan fingerprint density at radius 2 is 2.21 bits per heavy atom. The van der Waals surface area contributed by atoms with E-state index in [0.717, 1.165) is 43.9 Å². The van der Waals surface area contributed by atoms with Gasteiger partial charge in [0.05, 0.1) is 12.2 Å². The van der Waals surface area contributed by atoms with E-state index in [1.165, 1.54) is 0 Å². The molecule has 0 aromatic carbocycles. The van der Waals surface area contributed by atoms with Crippen LogP contribution in [0.2, 0.25) is 0 Å². The van der Waals surface area contributed by atoms with Crippen LogP contribution in [0.4, 0.5) is 0 Å². The highest BCUT2D eigenvalue weighted by molar-refractivity contribution is 5.05. The van der Waals surface area contributed by atoms with Gasteiger partial charge < -0.3 is 9.84 Å². The lowest BCUT2D eigenvalue weighted by Crippen LogP contribution is -2.35. The zero-order valence-corrected chi connectivity index (χ0v) is 12.7. The van der Waals surface area contributed by atoms with Crippen molar-refractivity contribution in [2.45, 2.75) is 52.2 Å². The van der Waals surface area contributed by atoms with Gasteiger partial charge in [0, 0.05) is 18.2 Å². The molecule has 0 bridgehead atoms. The van der Waals surface area contributed by atoms with Gasteiger partial charge in [-0.15, -0.1) is 6.58 Å². The Morgan fingerprint density at radius 3 is 2.84 bits per heavy atom. The third-order valence-corrected chi connectivity index (χ3v) is 2.78. The quantitative estimate of drug-likeness (QED) is 0.579. The van der Waals surface area contributed by atoms with Gasteiger partial charge in [-0.1, -0.05) is 11.2 Å². The average Bonchev–Trinajstić information content (AvgIpc) is 2.73. The van der Waals surface area contributed by atoms with Crippen LogP contribution in [0.3, 0.4) is 0 Å². The normalized spacial score (nSPS) is 12.1. The summed E-state index contributed by atoms with van der Waals surface area (Å²) < 4.78 is 5.35. The number of hydrogen-bond donors (Lipinski definition) is 1. The monoisotopic (exact) mass is 265 g/mol. The Balaban J connectivity index is 2.35. The lowest BCUT2D eigenvalue weighted by molar-refractivity contribution is 0.269. The summed E-state index contributed by atoms with van der Waals surface area (Å²) in [6.45, 7) is 12.7. The fraction of sp³-hybridized carbons (Fsp3) is 0.667. The molecule has 0 aliphatic rings. The summed E-state index contributed by atoms with van der Waals surface area (Å²) in [6, 6.07) is 2.03. The number of rotatable bonds is 8. The smallest absolute Gasteiger partial charge is 0.151 e. The van der Waals surface area contributed by atoms with Crippen LogP contribution in [0, 0.1) is 0 Å². The number of unbranched alkanes of at least 4 members (excludes halogenated alkanes) is 1. The van der Waals surface area contributed by atoms with E-state index >= 15 is 0 Å². The lowest BCUT2D eigenvalue weighted by atomic mass is 10.1. The highest BCUT2D eigenvalue weighted by atomic mass is 16.5. The first-order valence-corrected chi connectivity index (χ1v) is 6.89. The van der Waals surface area contributed by atoms with Gasteiger partial charge in [-0.3, -0.25) is 4.90 Å². The highest BCUT2D eigenvalue weighted by Crippen LogP contribution is 2.09. The molecule has 0 radical (unpaired) electrons. The largest absolute Gasteiger partial charge is 0.360 e. The van der Waals surface area contributed by atoms with Crippen molar-refractivity contribution in [3.8, 4) is 0 Å². The minimum atomic E-state index is 0.0978. The Morgan fingerprint density at radius 1 is 1.47 bits per heavy atom. The van der Waals surface area contributed by atoms with E-state index in [2.05, 4.69) is 49.8 Å². The van der Waals surface area contributed by atoms with Gasteiger partial charge in [-0.25, -0.2) is 0 Å². The summed E-state index contributed by atoms with van der Waals surface area (Å²) in [6.07, 6.45) is 4.15. The van der Waals surface area contributed by atoms with Crippen molar-refractivity contribution in [3.63, 3.8) is 0 Å². The molecule has 1 aromatic rings. The average molecular weight is 265 g/mol. The van der Waals surface area contributed by atoms with Gasteiger partial charge in [-0.2, -0.15) is 0 Å². The molecule has 1 heterocycles. The molecule has 4 heteroatoms. The van der Waals surface area contributed by atoms with Crippen molar-refractivity contribution in [2.24, 2.45) is 0 Å². The summed E-state index contributed by atoms with van der Waals surface area (Å²) in [5, 5.41) is 7.49. The van der Waals surface area contributed by atoms with Gasteiger partial charge in [0.15, 0.2) is 5.76 Å². The molecule has 4 nitrogen and oxygen atoms in total. The van der Waals surface area contributed by atoms with Gasteiger partial charge in [-0.05, 0) is 47.2 Å². The van der Waals surface area contributed by atoms with Crippen LogP contribution >= 0.6 is 0 Å². The van der Waals surface area contributed by atoms with Crippen molar-refractivity contribution in [1.82, 2.24) is 15.4 Å². The van der Waals surface area contributed by atoms with E-state index in [1.54, 1.807) is 0 Å². The van der Waals surface area contributed by atoms with Crippen LogP contribution in [0.5, 0.6) is 0 Å². The van der Waals surface area contributed by atoms with Crippen LogP contribution in [0.1, 0.15) is 45.1 Å². The van der Waals surface area contributed by atoms with Crippen molar-refractivity contribution < 1.29 is 4.52 Å². The molecule has 1 N–H and O–H groups in total. The summed E-state index contributed by atoms with van der Waals surface area (Å²) in [5.74, 6) is 0.923. The molecule has 0 spiro atoms. The van der Waals surface area contributed by atoms with Gasteiger partial charge in [0.1, 0.15) is 0 Å². The molecule has 1 aromatic heterocycles. The van der Waals surface area contributed by atoms with E-state index in [-0.39, 0.29) is 5.54 Å². The standard InChI is InChI=1S/C15H27N3O/c1-6-7-8-9-18(5)12-14-10-13(17-19-14)11-16-15(2,3)4/h6,10,16H,1,7-9,11-12H2,2-5H3. The second-order valence-electron chi connectivity index (χ2n) is 6.06.